The summed E-state index contributed by atoms with van der Waals surface area (Å²) in [5, 5.41) is 4.52. The van der Waals surface area contributed by atoms with Crippen LogP contribution in [0.5, 0.6) is 0 Å². The number of benzene rings is 2. The lowest BCUT2D eigenvalue weighted by molar-refractivity contribution is 0.0955. The van der Waals surface area contributed by atoms with E-state index >= 15 is 0 Å². The number of nitrogens with one attached hydrogen (secondary N) is 1. The lowest BCUT2D eigenvalue weighted by Crippen LogP contribution is -2.42. The van der Waals surface area contributed by atoms with Crippen LogP contribution in [-0.2, 0) is 0 Å². The summed E-state index contributed by atoms with van der Waals surface area (Å²) in [7, 11) is 1.94. The second kappa shape index (κ2) is 7.57. The minimum absolute atomic E-state index is 0.203. The first-order chi connectivity index (χ1) is 13.1. The Hall–Kier alpha value is -2.37. The molecule has 0 bridgehead atoms. The van der Waals surface area contributed by atoms with E-state index in [1.165, 1.54) is 24.4 Å². The van der Waals surface area contributed by atoms with Gasteiger partial charge in [0.2, 0.25) is 0 Å². The first kappa shape index (κ1) is 20.4. The Morgan fingerprint density at radius 1 is 1.25 bits per heavy atom. The molecule has 0 aliphatic carbocycles. The van der Waals surface area contributed by atoms with E-state index in [1.54, 1.807) is 12.1 Å². The fourth-order valence-corrected chi connectivity index (χ4v) is 3.68. The van der Waals surface area contributed by atoms with Crippen LogP contribution in [0.2, 0.25) is 10.0 Å². The summed E-state index contributed by atoms with van der Waals surface area (Å²) in [6.07, 6.45) is 3.42. The van der Waals surface area contributed by atoms with Crippen LogP contribution in [0, 0.1) is 5.82 Å². The van der Waals surface area contributed by atoms with Gasteiger partial charge in [-0.3, -0.25) is 4.79 Å². The molecule has 0 unspecified atom stereocenters. The molecule has 1 aliphatic rings. The lowest BCUT2D eigenvalue weighted by Gasteiger charge is -2.40. The van der Waals surface area contributed by atoms with Crippen molar-refractivity contribution in [1.29, 1.82) is 0 Å². The maximum Gasteiger partial charge on any atom is 0.272 e. The van der Waals surface area contributed by atoms with Crippen LogP contribution in [0.3, 0.4) is 0 Å². The number of halogens is 3. The molecule has 146 valence electrons. The van der Waals surface area contributed by atoms with Crippen LogP contribution in [0.4, 0.5) is 10.1 Å². The maximum atomic E-state index is 14.6. The zero-order valence-corrected chi connectivity index (χ0v) is 17.5. The molecule has 0 radical (unpaired) electrons. The van der Waals surface area contributed by atoms with E-state index in [1.807, 2.05) is 18.9 Å². The van der Waals surface area contributed by atoms with Crippen molar-refractivity contribution in [2.24, 2.45) is 5.10 Å². The molecule has 0 fully saturated rings. The number of hydrogen-bond acceptors (Lipinski definition) is 3. The van der Waals surface area contributed by atoms with Crippen molar-refractivity contribution < 1.29 is 9.18 Å². The summed E-state index contributed by atoms with van der Waals surface area (Å²) in [4.78, 5) is 14.2. The molecule has 0 saturated heterocycles. The second-order valence-electron chi connectivity index (χ2n) is 7.25. The average molecular weight is 420 g/mol. The molecule has 7 heteroatoms. The Labute approximate surface area is 173 Å². The van der Waals surface area contributed by atoms with Crippen LogP contribution in [-0.4, -0.2) is 24.7 Å². The summed E-state index contributed by atoms with van der Waals surface area (Å²) >= 11 is 11.8. The molecule has 1 heterocycles. The average Bonchev–Trinajstić information content (AvgIpc) is 2.60. The fourth-order valence-electron chi connectivity index (χ4n) is 3.18. The van der Waals surface area contributed by atoms with Crippen molar-refractivity contribution in [2.45, 2.75) is 26.3 Å². The highest BCUT2D eigenvalue weighted by Gasteiger charge is 2.29. The number of carbonyl (C=O) groups excluding carboxylic acids is 1. The number of fused-ring (bicyclic) bond motifs is 1. The molecule has 2 aromatic carbocycles. The number of allylic oxidation sites excluding steroid dienone is 1. The minimum Gasteiger partial charge on any atom is -0.365 e. The van der Waals surface area contributed by atoms with Crippen LogP contribution in [0.25, 0.3) is 5.57 Å². The maximum absolute atomic E-state index is 14.6. The van der Waals surface area contributed by atoms with Gasteiger partial charge in [0.15, 0.2) is 0 Å². The van der Waals surface area contributed by atoms with Crippen LogP contribution < -0.4 is 10.3 Å². The molecule has 28 heavy (non-hydrogen) atoms. The molecule has 0 spiro atoms. The Kier molecular flexibility index (Phi) is 5.50. The molecule has 3 rings (SSSR count). The van der Waals surface area contributed by atoms with Crippen molar-refractivity contribution in [2.75, 3.05) is 11.9 Å². The number of amides is 1. The molecule has 2 aromatic rings. The van der Waals surface area contributed by atoms with Gasteiger partial charge in [-0.2, -0.15) is 5.10 Å². The van der Waals surface area contributed by atoms with Gasteiger partial charge in [0, 0.05) is 28.9 Å². The molecule has 0 aromatic heterocycles. The van der Waals surface area contributed by atoms with Gasteiger partial charge in [-0.1, -0.05) is 29.3 Å². The number of carbonyl (C=O) groups is 1. The number of hydrogen-bond donors (Lipinski definition) is 1. The van der Waals surface area contributed by atoms with E-state index in [4.69, 9.17) is 23.2 Å². The Morgan fingerprint density at radius 3 is 2.64 bits per heavy atom. The van der Waals surface area contributed by atoms with Crippen molar-refractivity contribution in [1.82, 2.24) is 5.43 Å². The lowest BCUT2D eigenvalue weighted by atomic mass is 9.88. The van der Waals surface area contributed by atoms with E-state index < -0.39 is 11.7 Å². The number of nitrogens with zero attached hydrogens (tertiary/aromatic N) is 2. The van der Waals surface area contributed by atoms with Gasteiger partial charge in [0.1, 0.15) is 5.82 Å². The van der Waals surface area contributed by atoms with Crippen molar-refractivity contribution in [3.8, 4) is 0 Å². The van der Waals surface area contributed by atoms with Crippen LogP contribution >= 0.6 is 23.2 Å². The van der Waals surface area contributed by atoms with Crippen LogP contribution in [0.1, 0.15) is 42.3 Å². The Morgan fingerprint density at radius 2 is 1.96 bits per heavy atom. The predicted octanol–water partition coefficient (Wildman–Crippen LogP) is 5.53. The van der Waals surface area contributed by atoms with Crippen molar-refractivity contribution >= 4 is 46.6 Å². The highest BCUT2D eigenvalue weighted by atomic mass is 35.5. The van der Waals surface area contributed by atoms with Crippen LogP contribution in [0.15, 0.2) is 41.5 Å². The first-order valence-corrected chi connectivity index (χ1v) is 9.41. The standard InChI is InChI=1S/C21H20Cl2FN3O/c1-12-10-21(2,3)27(4)19-9-18(24)13(7-16(12)19)11-25-26-20(28)15-6-5-14(22)8-17(15)23/h5-11H,1-4H3,(H,26,28)/b25-11-. The molecule has 0 saturated carbocycles. The third kappa shape index (κ3) is 3.91. The highest BCUT2D eigenvalue weighted by Crippen LogP contribution is 2.38. The summed E-state index contributed by atoms with van der Waals surface area (Å²) in [5.74, 6) is -0.924. The molecule has 1 aliphatic heterocycles. The normalized spacial score (nSPS) is 15.4. The number of rotatable bonds is 3. The third-order valence-electron chi connectivity index (χ3n) is 4.88. The molecular weight excluding hydrogens is 400 g/mol. The summed E-state index contributed by atoms with van der Waals surface area (Å²) in [6.45, 7) is 6.14. The van der Waals surface area contributed by atoms with Gasteiger partial charge in [-0.15, -0.1) is 0 Å². The Bertz CT molecular complexity index is 1010. The Balaban J connectivity index is 1.84. The number of anilines is 1. The molecule has 4 nitrogen and oxygen atoms in total. The molecule has 1 amide bonds. The van der Waals surface area contributed by atoms with E-state index in [0.29, 0.717) is 5.02 Å². The molecule has 1 N–H and O–H groups in total. The quantitative estimate of drug-likeness (QED) is 0.524. The fraction of sp³-hybridized carbons (Fsp3) is 0.238. The summed E-state index contributed by atoms with van der Waals surface area (Å²) in [6, 6.07) is 7.75. The monoisotopic (exact) mass is 419 g/mol. The third-order valence-corrected chi connectivity index (χ3v) is 5.43. The van der Waals surface area contributed by atoms with Crippen molar-refractivity contribution in [3.05, 3.63) is 69.0 Å². The van der Waals surface area contributed by atoms with Gasteiger partial charge in [-0.05, 0) is 56.7 Å². The van der Waals surface area contributed by atoms with E-state index in [-0.39, 0.29) is 21.7 Å². The molecular formula is C21H20Cl2FN3O. The molecule has 0 atom stereocenters. The van der Waals surface area contributed by atoms with Crippen molar-refractivity contribution in [3.63, 3.8) is 0 Å². The van der Waals surface area contributed by atoms with Gasteiger partial charge in [0.25, 0.3) is 5.91 Å². The minimum atomic E-state index is -0.506. The first-order valence-electron chi connectivity index (χ1n) is 8.66. The van der Waals surface area contributed by atoms with Gasteiger partial charge >= 0.3 is 0 Å². The van der Waals surface area contributed by atoms with E-state index in [2.05, 4.69) is 30.5 Å². The zero-order valence-electron chi connectivity index (χ0n) is 16.0. The topological polar surface area (TPSA) is 44.7 Å². The SMILES string of the molecule is CC1=CC(C)(C)N(C)c2cc(F)c(/C=N\NC(=O)c3ccc(Cl)cc3Cl)cc21. The van der Waals surface area contributed by atoms with Gasteiger partial charge in [-0.25, -0.2) is 9.82 Å². The smallest absolute Gasteiger partial charge is 0.272 e. The van der Waals surface area contributed by atoms with Gasteiger partial charge < -0.3 is 4.90 Å². The second-order valence-corrected chi connectivity index (χ2v) is 8.10. The van der Waals surface area contributed by atoms with E-state index in [9.17, 15) is 9.18 Å². The highest BCUT2D eigenvalue weighted by molar-refractivity contribution is 6.36. The number of likely N-dealkylation sites (N-methyl/N-ethyl adjacent to an activating group) is 1. The number of hydrazone groups is 1. The summed E-state index contributed by atoms with van der Waals surface area (Å²) in [5.41, 5.74) is 5.47. The van der Waals surface area contributed by atoms with Gasteiger partial charge in [0.05, 0.1) is 22.3 Å². The summed E-state index contributed by atoms with van der Waals surface area (Å²) < 4.78 is 14.6. The predicted molar refractivity (Wildman–Crippen MR) is 114 cm³/mol. The largest absolute Gasteiger partial charge is 0.365 e. The van der Waals surface area contributed by atoms with E-state index in [0.717, 1.165) is 16.8 Å². The zero-order chi connectivity index (χ0) is 20.6.